The predicted octanol–water partition coefficient (Wildman–Crippen LogP) is 2.27. The highest BCUT2D eigenvalue weighted by molar-refractivity contribution is 5.44. The van der Waals surface area contributed by atoms with Crippen molar-refractivity contribution < 1.29 is 4.74 Å². The van der Waals surface area contributed by atoms with Crippen LogP contribution in [0.5, 0.6) is 0 Å². The molecule has 13 heavy (non-hydrogen) atoms. The van der Waals surface area contributed by atoms with Crippen LogP contribution in [-0.4, -0.2) is 11.7 Å². The van der Waals surface area contributed by atoms with Gasteiger partial charge in [0.25, 0.3) is 0 Å². The molecular weight excluding hydrogens is 160 g/mol. The minimum atomic E-state index is 0.249. The molecule has 2 heterocycles. The second kappa shape index (κ2) is 1.33. The topological polar surface area (TPSA) is 9.23 Å². The number of hydrogen-bond donors (Lipinski definition) is 0. The summed E-state index contributed by atoms with van der Waals surface area (Å²) >= 11 is 0. The van der Waals surface area contributed by atoms with E-state index in [0.29, 0.717) is 16.9 Å². The Morgan fingerprint density at radius 2 is 2.15 bits per heavy atom. The van der Waals surface area contributed by atoms with Gasteiger partial charge in [-0.2, -0.15) is 0 Å². The van der Waals surface area contributed by atoms with Crippen LogP contribution in [-0.2, 0) is 4.74 Å². The highest BCUT2D eigenvalue weighted by atomic mass is 16.5. The standard InChI is InChI=1S/C12H14O/c1-3-11-4-2-9(13-11)10(5-6-10)12(11)7-8(1)12/h2,4,8-9H,1,3,5-7H2/t8-,9-,11+,12-/m1/s1. The molecule has 0 amide bonds. The van der Waals surface area contributed by atoms with E-state index in [1.807, 2.05) is 0 Å². The van der Waals surface area contributed by atoms with Crippen LogP contribution in [0.15, 0.2) is 12.2 Å². The molecular formula is C12H14O. The summed E-state index contributed by atoms with van der Waals surface area (Å²) in [5, 5.41) is 0. The molecule has 2 bridgehead atoms. The lowest BCUT2D eigenvalue weighted by Gasteiger charge is -2.31. The van der Waals surface area contributed by atoms with Gasteiger partial charge in [0.15, 0.2) is 0 Å². The maximum Gasteiger partial charge on any atom is 0.0936 e. The van der Waals surface area contributed by atoms with Gasteiger partial charge in [0.05, 0.1) is 11.7 Å². The zero-order valence-electron chi connectivity index (χ0n) is 7.75. The number of ether oxygens (including phenoxy) is 1. The van der Waals surface area contributed by atoms with E-state index in [2.05, 4.69) is 12.2 Å². The maximum atomic E-state index is 6.30. The van der Waals surface area contributed by atoms with Crippen molar-refractivity contribution >= 4 is 0 Å². The van der Waals surface area contributed by atoms with Crippen LogP contribution in [0, 0.1) is 16.7 Å². The third-order valence-corrected chi connectivity index (χ3v) is 5.82. The van der Waals surface area contributed by atoms with Crippen molar-refractivity contribution in [2.24, 2.45) is 16.7 Å². The molecule has 3 spiro atoms. The SMILES string of the molecule is C1=C[C@@]23CC[C@@H]4C[C@]42C2(CC2)[C@@H]1O3. The van der Waals surface area contributed by atoms with E-state index in [1.54, 1.807) is 0 Å². The van der Waals surface area contributed by atoms with Crippen LogP contribution >= 0.6 is 0 Å². The van der Waals surface area contributed by atoms with Crippen LogP contribution in [0.25, 0.3) is 0 Å². The average Bonchev–Trinajstić information content (AvgIpc) is 2.99. The molecule has 0 aromatic rings. The molecule has 5 rings (SSSR count). The lowest BCUT2D eigenvalue weighted by atomic mass is 9.70. The summed E-state index contributed by atoms with van der Waals surface area (Å²) in [4.78, 5) is 0. The van der Waals surface area contributed by atoms with Gasteiger partial charge in [-0.15, -0.1) is 0 Å². The molecule has 5 aliphatic rings. The second-order valence-corrected chi connectivity index (χ2v) is 5.85. The van der Waals surface area contributed by atoms with E-state index in [4.69, 9.17) is 4.74 Å². The third-order valence-electron chi connectivity index (χ3n) is 5.82. The first-order valence-corrected chi connectivity index (χ1v) is 5.70. The first kappa shape index (κ1) is 6.23. The maximum absolute atomic E-state index is 6.30. The molecule has 1 heteroatoms. The summed E-state index contributed by atoms with van der Waals surface area (Å²) in [6, 6.07) is 0. The summed E-state index contributed by atoms with van der Waals surface area (Å²) in [5.41, 5.74) is 1.57. The van der Waals surface area contributed by atoms with Crippen LogP contribution in [0.1, 0.15) is 32.1 Å². The molecule has 4 atom stereocenters. The van der Waals surface area contributed by atoms with Crippen molar-refractivity contribution in [2.75, 3.05) is 0 Å². The Hall–Kier alpha value is -0.300. The quantitative estimate of drug-likeness (QED) is 0.512. The number of hydrogen-bond acceptors (Lipinski definition) is 1. The lowest BCUT2D eigenvalue weighted by Crippen LogP contribution is -2.35. The van der Waals surface area contributed by atoms with Gasteiger partial charge in [0.2, 0.25) is 0 Å². The van der Waals surface area contributed by atoms with Crippen LogP contribution < -0.4 is 0 Å². The second-order valence-electron chi connectivity index (χ2n) is 5.85. The fraction of sp³-hybridized carbons (Fsp3) is 0.833. The smallest absolute Gasteiger partial charge is 0.0936 e. The minimum absolute atomic E-state index is 0.249. The van der Waals surface area contributed by atoms with Crippen LogP contribution in [0.2, 0.25) is 0 Å². The molecule has 68 valence electrons. The predicted molar refractivity (Wildman–Crippen MR) is 48.2 cm³/mol. The van der Waals surface area contributed by atoms with Gasteiger partial charge in [-0.1, -0.05) is 12.2 Å². The molecule has 2 aliphatic heterocycles. The number of fused-ring (bicyclic) bond motifs is 2. The van der Waals surface area contributed by atoms with Gasteiger partial charge in [-0.3, -0.25) is 0 Å². The highest BCUT2D eigenvalue weighted by Gasteiger charge is 2.88. The zero-order valence-corrected chi connectivity index (χ0v) is 7.75. The Kier molecular flexibility index (Phi) is 0.639. The van der Waals surface area contributed by atoms with E-state index in [1.165, 1.54) is 32.1 Å². The molecule has 0 N–H and O–H groups in total. The average molecular weight is 174 g/mol. The minimum Gasteiger partial charge on any atom is -0.362 e. The third kappa shape index (κ3) is 0.368. The molecule has 3 saturated carbocycles. The van der Waals surface area contributed by atoms with Crippen molar-refractivity contribution in [3.05, 3.63) is 12.2 Å². The molecule has 0 unspecified atom stereocenters. The van der Waals surface area contributed by atoms with Gasteiger partial charge in [0, 0.05) is 10.8 Å². The number of rotatable bonds is 0. The first-order chi connectivity index (χ1) is 6.33. The van der Waals surface area contributed by atoms with Gasteiger partial charge in [0.1, 0.15) is 0 Å². The lowest BCUT2D eigenvalue weighted by molar-refractivity contribution is 0.0107. The molecule has 1 nitrogen and oxygen atoms in total. The summed E-state index contributed by atoms with van der Waals surface area (Å²) < 4.78 is 6.30. The van der Waals surface area contributed by atoms with E-state index >= 15 is 0 Å². The van der Waals surface area contributed by atoms with Gasteiger partial charge in [-0.05, 0) is 38.0 Å². The normalized spacial score (nSPS) is 67.1. The Morgan fingerprint density at radius 1 is 1.23 bits per heavy atom. The van der Waals surface area contributed by atoms with Crippen LogP contribution in [0.4, 0.5) is 0 Å². The van der Waals surface area contributed by atoms with Gasteiger partial charge < -0.3 is 4.74 Å². The van der Waals surface area contributed by atoms with Gasteiger partial charge >= 0.3 is 0 Å². The van der Waals surface area contributed by atoms with Crippen molar-refractivity contribution in [2.45, 2.75) is 43.8 Å². The molecule has 1 saturated heterocycles. The molecule has 4 fully saturated rings. The van der Waals surface area contributed by atoms with E-state index in [-0.39, 0.29) is 5.60 Å². The Labute approximate surface area is 78.1 Å². The van der Waals surface area contributed by atoms with E-state index < -0.39 is 0 Å². The summed E-state index contributed by atoms with van der Waals surface area (Å²) in [5.74, 6) is 1.05. The van der Waals surface area contributed by atoms with Crippen molar-refractivity contribution in [3.8, 4) is 0 Å². The Morgan fingerprint density at radius 3 is 2.92 bits per heavy atom. The molecule has 0 aromatic heterocycles. The first-order valence-electron chi connectivity index (χ1n) is 5.70. The van der Waals surface area contributed by atoms with E-state index in [9.17, 15) is 0 Å². The van der Waals surface area contributed by atoms with Crippen LogP contribution in [0.3, 0.4) is 0 Å². The fourth-order valence-electron chi connectivity index (χ4n) is 5.20. The monoisotopic (exact) mass is 174 g/mol. The van der Waals surface area contributed by atoms with Gasteiger partial charge in [-0.25, -0.2) is 0 Å². The largest absolute Gasteiger partial charge is 0.362 e. The Balaban J connectivity index is 1.86. The van der Waals surface area contributed by atoms with Crippen molar-refractivity contribution in [3.63, 3.8) is 0 Å². The zero-order chi connectivity index (χ0) is 8.31. The molecule has 0 radical (unpaired) electrons. The summed E-state index contributed by atoms with van der Waals surface area (Å²) in [6.07, 6.45) is 12.5. The van der Waals surface area contributed by atoms with Crippen molar-refractivity contribution in [1.29, 1.82) is 0 Å². The summed E-state index contributed by atoms with van der Waals surface area (Å²) in [6.45, 7) is 0. The Bertz CT molecular complexity index is 354. The fourth-order valence-corrected chi connectivity index (χ4v) is 5.20. The van der Waals surface area contributed by atoms with Crippen molar-refractivity contribution in [1.82, 2.24) is 0 Å². The van der Waals surface area contributed by atoms with E-state index in [0.717, 1.165) is 5.92 Å². The summed E-state index contributed by atoms with van der Waals surface area (Å²) in [7, 11) is 0. The molecule has 0 aromatic carbocycles. The highest BCUT2D eigenvalue weighted by Crippen LogP contribution is 2.89. The molecule has 3 aliphatic carbocycles.